The SMILES string of the molecule is Nc1nc2c(ncn2[C@@H]2O[C@H](OC[P+](=O)O)[C@H](O)[C@@H]2OP(=O)(O)OC[C@H]2O[C@@H](n3cnc4c(N)nc(F)nc43)[C@@H](F)[C@H]2O)c(=O)[nH]1. The van der Waals surface area contributed by atoms with Gasteiger partial charge in [-0.25, -0.2) is 18.9 Å². The van der Waals surface area contributed by atoms with E-state index in [0.717, 1.165) is 21.8 Å². The predicted molar refractivity (Wildman–Crippen MR) is 143 cm³/mol. The van der Waals surface area contributed by atoms with Crippen molar-refractivity contribution in [1.29, 1.82) is 0 Å². The molecule has 46 heavy (non-hydrogen) atoms. The van der Waals surface area contributed by atoms with Crippen molar-refractivity contribution in [3.05, 3.63) is 29.1 Å². The number of phosphoric ester groups is 1. The maximum Gasteiger partial charge on any atom is 0.534 e. The fraction of sp³-hybridized carbons (Fsp3) is 0.500. The number of rotatable bonds is 10. The number of anilines is 2. The zero-order valence-electron chi connectivity index (χ0n) is 22.7. The minimum absolute atomic E-state index is 0.0761. The van der Waals surface area contributed by atoms with Gasteiger partial charge < -0.3 is 40.8 Å². The summed E-state index contributed by atoms with van der Waals surface area (Å²) < 4.78 is 81.4. The van der Waals surface area contributed by atoms with Crippen molar-refractivity contribution in [1.82, 2.24) is 39.0 Å². The number of ether oxygens (including phenoxy) is 3. The van der Waals surface area contributed by atoms with Gasteiger partial charge in [-0.05, 0) is 4.57 Å². The number of nitrogens with one attached hydrogen (secondary N) is 1. The molecule has 2 fully saturated rings. The molecule has 0 spiro atoms. The van der Waals surface area contributed by atoms with Crippen LogP contribution in [-0.2, 0) is 32.4 Å². The van der Waals surface area contributed by atoms with E-state index in [-0.39, 0.29) is 34.1 Å². The number of nitrogen functional groups attached to an aromatic ring is 2. The van der Waals surface area contributed by atoms with Crippen LogP contribution in [-0.4, -0.2) is 109 Å². The lowest BCUT2D eigenvalue weighted by atomic mass is 10.1. The van der Waals surface area contributed by atoms with Gasteiger partial charge in [0, 0.05) is 0 Å². The molecule has 2 saturated heterocycles. The van der Waals surface area contributed by atoms with Gasteiger partial charge in [-0.15, -0.1) is 0 Å². The normalized spacial score (nSPS) is 29.9. The Bertz CT molecular complexity index is 1910. The lowest BCUT2D eigenvalue weighted by Gasteiger charge is -2.24. The number of H-pyrrole nitrogens is 1. The molecule has 22 nitrogen and oxygen atoms in total. The number of aromatic amines is 1. The van der Waals surface area contributed by atoms with Crippen molar-refractivity contribution in [2.45, 2.75) is 49.3 Å². The maximum absolute atomic E-state index is 15.1. The standard InChI is InChI=1S/C20H22F2N10O12P2/c21-6-9(33)5(42-16(6)31-2-25-7-12(23)27-19(22)28-13(7)31)1-41-46(38,39)44-11-10(34)18(40-4-45(36)37)43-17(11)32-3-26-8-14(32)29-20(24)30-15(8)35/h2-3,5-6,9-11,16-18,33-34H,1,4H2,(H6-,23,24,27,28,29,30,35,36,37,38,39)/p+1/t5-,6+,9+,10-,11+,16-,17-,18+/m1/s1. The number of aliphatic hydroxyl groups excluding tert-OH is 2. The first-order valence-electron chi connectivity index (χ1n) is 12.8. The maximum atomic E-state index is 15.1. The van der Waals surface area contributed by atoms with E-state index in [1.807, 2.05) is 0 Å². The Balaban J connectivity index is 1.20. The van der Waals surface area contributed by atoms with E-state index in [9.17, 15) is 33.4 Å². The molecule has 9 N–H and O–H groups in total. The summed E-state index contributed by atoms with van der Waals surface area (Å²) in [5.74, 6) is -0.668. The van der Waals surface area contributed by atoms with Gasteiger partial charge in [-0.3, -0.25) is 28.0 Å². The highest BCUT2D eigenvalue weighted by molar-refractivity contribution is 7.47. The molecule has 0 aliphatic carbocycles. The van der Waals surface area contributed by atoms with Gasteiger partial charge in [0.15, 0.2) is 53.1 Å². The average molecular weight is 695 g/mol. The molecule has 0 amide bonds. The number of phosphoric acid groups is 1. The minimum Gasteiger partial charge on any atom is -0.387 e. The van der Waals surface area contributed by atoms with E-state index in [1.165, 1.54) is 0 Å². The lowest BCUT2D eigenvalue weighted by molar-refractivity contribution is -0.166. The van der Waals surface area contributed by atoms with Crippen LogP contribution in [0.25, 0.3) is 22.3 Å². The van der Waals surface area contributed by atoms with Crippen LogP contribution in [0.15, 0.2) is 17.4 Å². The number of nitrogens with two attached hydrogens (primary N) is 2. The minimum atomic E-state index is -5.26. The third kappa shape index (κ3) is 5.96. The average Bonchev–Trinajstić information content (AvgIpc) is 3.72. The highest BCUT2D eigenvalue weighted by Crippen LogP contribution is 2.50. The van der Waals surface area contributed by atoms with Crippen LogP contribution < -0.4 is 17.0 Å². The third-order valence-corrected chi connectivity index (χ3v) is 8.25. The molecule has 0 bridgehead atoms. The molecule has 6 heterocycles. The Kier molecular flexibility index (Phi) is 8.54. The molecule has 248 valence electrons. The number of hydrogen-bond acceptors (Lipinski definition) is 17. The van der Waals surface area contributed by atoms with Crippen molar-refractivity contribution in [3.8, 4) is 0 Å². The Morgan fingerprint density at radius 1 is 1.07 bits per heavy atom. The summed E-state index contributed by atoms with van der Waals surface area (Å²) in [5, 5.41) is 21.3. The summed E-state index contributed by atoms with van der Waals surface area (Å²) >= 11 is 0. The molecule has 10 atom stereocenters. The summed E-state index contributed by atoms with van der Waals surface area (Å²) in [5.41, 5.74) is 9.72. The molecule has 4 aromatic heterocycles. The molecule has 2 aliphatic rings. The Morgan fingerprint density at radius 2 is 1.74 bits per heavy atom. The van der Waals surface area contributed by atoms with Gasteiger partial charge in [0.05, 0.1) is 19.3 Å². The van der Waals surface area contributed by atoms with Crippen molar-refractivity contribution in [3.63, 3.8) is 0 Å². The Morgan fingerprint density at radius 3 is 2.46 bits per heavy atom. The molecule has 6 rings (SSSR count). The van der Waals surface area contributed by atoms with Crippen LogP contribution in [0, 0.1) is 6.08 Å². The van der Waals surface area contributed by atoms with E-state index in [4.69, 9.17) is 39.6 Å². The number of imidazole rings is 2. The van der Waals surface area contributed by atoms with Gasteiger partial charge >= 0.3 is 21.9 Å². The summed E-state index contributed by atoms with van der Waals surface area (Å²) in [6.45, 7) is -0.954. The highest BCUT2D eigenvalue weighted by Gasteiger charge is 2.52. The van der Waals surface area contributed by atoms with Crippen LogP contribution in [0.2, 0.25) is 0 Å². The monoisotopic (exact) mass is 695 g/mol. The first-order chi connectivity index (χ1) is 21.7. The van der Waals surface area contributed by atoms with E-state index in [2.05, 4.69) is 29.9 Å². The summed E-state index contributed by atoms with van der Waals surface area (Å²) in [7, 11) is -8.12. The van der Waals surface area contributed by atoms with Crippen LogP contribution in [0.5, 0.6) is 0 Å². The predicted octanol–water partition coefficient (Wildman–Crippen LogP) is -1.71. The first kappa shape index (κ1) is 32.3. The summed E-state index contributed by atoms with van der Waals surface area (Å²) in [4.78, 5) is 52.7. The Labute approximate surface area is 253 Å². The van der Waals surface area contributed by atoms with Gasteiger partial charge in [0.2, 0.25) is 5.95 Å². The second-order valence-corrected chi connectivity index (χ2v) is 12.2. The lowest BCUT2D eigenvalue weighted by Crippen LogP contribution is -2.35. The van der Waals surface area contributed by atoms with Gasteiger partial charge in [-0.2, -0.15) is 24.2 Å². The number of hydrogen-bond donors (Lipinski definition) is 7. The largest absolute Gasteiger partial charge is 0.534 e. The number of halogens is 2. The fourth-order valence-corrected chi connectivity index (χ4v) is 6.08. The van der Waals surface area contributed by atoms with Gasteiger partial charge in [0.1, 0.15) is 24.4 Å². The summed E-state index contributed by atoms with van der Waals surface area (Å²) in [6, 6.07) is 0. The summed E-state index contributed by atoms with van der Waals surface area (Å²) in [6.07, 6.45) is -14.5. The van der Waals surface area contributed by atoms with Crippen molar-refractivity contribution < 1.29 is 61.2 Å². The molecule has 0 aromatic carbocycles. The second kappa shape index (κ2) is 12.2. The number of aromatic nitrogens is 8. The number of alkyl halides is 1. The first-order valence-corrected chi connectivity index (χ1v) is 15.7. The smallest absolute Gasteiger partial charge is 0.387 e. The van der Waals surface area contributed by atoms with E-state index < -0.39 is 89.8 Å². The molecule has 0 radical (unpaired) electrons. The number of aliphatic hydroxyl groups is 2. The van der Waals surface area contributed by atoms with Crippen molar-refractivity contribution in [2.24, 2.45) is 0 Å². The Hall–Kier alpha value is -3.67. The zero-order valence-corrected chi connectivity index (χ0v) is 24.5. The van der Waals surface area contributed by atoms with E-state index in [0.29, 0.717) is 0 Å². The van der Waals surface area contributed by atoms with Gasteiger partial charge in [0.25, 0.3) is 11.9 Å². The van der Waals surface area contributed by atoms with Gasteiger partial charge in [-0.1, -0.05) is 0 Å². The van der Waals surface area contributed by atoms with Crippen LogP contribution in [0.1, 0.15) is 12.5 Å². The molecular formula is C20H23F2N10O12P2+. The van der Waals surface area contributed by atoms with Crippen molar-refractivity contribution >= 4 is 49.9 Å². The molecule has 0 saturated carbocycles. The van der Waals surface area contributed by atoms with Crippen molar-refractivity contribution in [2.75, 3.05) is 24.4 Å². The molecule has 2 unspecified atom stereocenters. The molecule has 2 aliphatic heterocycles. The third-order valence-electron chi connectivity index (χ3n) is 6.89. The second-order valence-electron chi connectivity index (χ2n) is 9.85. The van der Waals surface area contributed by atoms with Crippen LogP contribution in [0.3, 0.4) is 0 Å². The molecule has 4 aromatic rings. The van der Waals surface area contributed by atoms with Crippen LogP contribution in [0.4, 0.5) is 20.5 Å². The van der Waals surface area contributed by atoms with E-state index >= 15 is 4.39 Å². The number of fused-ring (bicyclic) bond motifs is 2. The molecular weight excluding hydrogens is 672 g/mol. The molecule has 26 heteroatoms. The highest BCUT2D eigenvalue weighted by atomic mass is 31.2. The zero-order chi connectivity index (χ0) is 33.1. The van der Waals surface area contributed by atoms with E-state index in [1.54, 1.807) is 0 Å². The van der Waals surface area contributed by atoms with Crippen LogP contribution >= 0.6 is 15.9 Å². The fourth-order valence-electron chi connectivity index (χ4n) is 4.88. The number of nitrogens with zero attached hydrogens (tertiary/aromatic N) is 7. The quantitative estimate of drug-likeness (QED) is 0.0717. The topological polar surface area (TPSA) is 320 Å².